The minimum absolute atomic E-state index is 0.0809. The second-order valence-electron chi connectivity index (χ2n) is 5.50. The number of ether oxygens (including phenoxy) is 2. The number of amides is 1. The molecule has 0 heterocycles. The van der Waals surface area contributed by atoms with Crippen LogP contribution in [0.1, 0.15) is 12.5 Å². The van der Waals surface area contributed by atoms with Crippen molar-refractivity contribution < 1.29 is 14.3 Å². The summed E-state index contributed by atoms with van der Waals surface area (Å²) in [7, 11) is 3.12. The lowest BCUT2D eigenvalue weighted by Crippen LogP contribution is -2.25. The van der Waals surface area contributed by atoms with Crippen LogP contribution in [0, 0.1) is 0 Å². The van der Waals surface area contributed by atoms with E-state index in [0.29, 0.717) is 17.2 Å². The number of rotatable bonds is 7. The van der Waals surface area contributed by atoms with Gasteiger partial charge in [-0.3, -0.25) is 4.79 Å². The SMILES string of the molecule is CCc1cccc(NC(=O)CN=C(N)Nc2ccc(OC)c(OC)c2)c1. The highest BCUT2D eigenvalue weighted by molar-refractivity contribution is 5.97. The Balaban J connectivity index is 1.94. The third-order valence-corrected chi connectivity index (χ3v) is 3.67. The molecule has 2 aromatic rings. The zero-order valence-corrected chi connectivity index (χ0v) is 15.2. The van der Waals surface area contributed by atoms with Crippen LogP contribution >= 0.6 is 0 Å². The van der Waals surface area contributed by atoms with Crippen LogP contribution in [0.5, 0.6) is 11.5 Å². The van der Waals surface area contributed by atoms with Crippen molar-refractivity contribution >= 4 is 23.2 Å². The summed E-state index contributed by atoms with van der Waals surface area (Å²) in [6.07, 6.45) is 0.907. The van der Waals surface area contributed by atoms with Crippen LogP contribution in [0.2, 0.25) is 0 Å². The number of nitrogens with one attached hydrogen (secondary N) is 2. The van der Waals surface area contributed by atoms with Crippen molar-refractivity contribution in [3.8, 4) is 11.5 Å². The first-order chi connectivity index (χ1) is 12.5. The molecule has 0 atom stereocenters. The van der Waals surface area contributed by atoms with Gasteiger partial charge in [0, 0.05) is 17.4 Å². The number of carbonyl (C=O) groups is 1. The van der Waals surface area contributed by atoms with E-state index in [-0.39, 0.29) is 18.4 Å². The van der Waals surface area contributed by atoms with E-state index in [1.807, 2.05) is 24.3 Å². The highest BCUT2D eigenvalue weighted by Crippen LogP contribution is 2.29. The van der Waals surface area contributed by atoms with Gasteiger partial charge in [-0.25, -0.2) is 4.99 Å². The summed E-state index contributed by atoms with van der Waals surface area (Å²) in [5.41, 5.74) is 8.42. The summed E-state index contributed by atoms with van der Waals surface area (Å²) < 4.78 is 10.4. The van der Waals surface area contributed by atoms with Crippen molar-refractivity contribution in [2.24, 2.45) is 10.7 Å². The fourth-order valence-electron chi connectivity index (χ4n) is 2.33. The Kier molecular flexibility index (Phi) is 6.84. The maximum Gasteiger partial charge on any atom is 0.246 e. The molecular formula is C19H24N4O3. The van der Waals surface area contributed by atoms with Crippen molar-refractivity contribution in [1.82, 2.24) is 0 Å². The first kappa shape index (κ1) is 19.1. The number of hydrogen-bond donors (Lipinski definition) is 3. The summed E-state index contributed by atoms with van der Waals surface area (Å²) >= 11 is 0. The van der Waals surface area contributed by atoms with Gasteiger partial charge in [-0.2, -0.15) is 0 Å². The molecule has 138 valence electrons. The van der Waals surface area contributed by atoms with Gasteiger partial charge in [-0.05, 0) is 36.2 Å². The maximum absolute atomic E-state index is 12.0. The molecule has 0 saturated heterocycles. The van der Waals surface area contributed by atoms with Crippen LogP contribution in [0.4, 0.5) is 11.4 Å². The summed E-state index contributed by atoms with van der Waals surface area (Å²) in [4.78, 5) is 16.1. The molecule has 7 heteroatoms. The third-order valence-electron chi connectivity index (χ3n) is 3.67. The Morgan fingerprint density at radius 2 is 1.77 bits per heavy atom. The van der Waals surface area contributed by atoms with Crippen molar-refractivity contribution in [1.29, 1.82) is 0 Å². The standard InChI is InChI=1S/C19H24N4O3/c1-4-13-6-5-7-14(10-13)22-18(24)12-21-19(20)23-15-8-9-16(25-2)17(11-15)26-3/h5-11H,4,12H2,1-3H3,(H,22,24)(H3,20,21,23). The molecule has 2 rings (SSSR count). The molecule has 0 aromatic heterocycles. The smallest absolute Gasteiger partial charge is 0.246 e. The maximum atomic E-state index is 12.0. The number of benzene rings is 2. The minimum atomic E-state index is -0.240. The van der Waals surface area contributed by atoms with Gasteiger partial charge in [0.15, 0.2) is 17.5 Å². The van der Waals surface area contributed by atoms with E-state index in [9.17, 15) is 4.79 Å². The molecule has 4 N–H and O–H groups in total. The zero-order chi connectivity index (χ0) is 18.9. The number of guanidine groups is 1. The van der Waals surface area contributed by atoms with Crippen LogP contribution in [-0.4, -0.2) is 32.6 Å². The van der Waals surface area contributed by atoms with E-state index in [4.69, 9.17) is 15.2 Å². The molecule has 0 unspecified atom stereocenters. The molecule has 26 heavy (non-hydrogen) atoms. The monoisotopic (exact) mass is 356 g/mol. The van der Waals surface area contributed by atoms with Crippen LogP contribution in [0.3, 0.4) is 0 Å². The largest absolute Gasteiger partial charge is 0.493 e. The predicted octanol–water partition coefficient (Wildman–Crippen LogP) is 2.63. The molecule has 0 saturated carbocycles. The van der Waals surface area contributed by atoms with Crippen molar-refractivity contribution in [3.63, 3.8) is 0 Å². The van der Waals surface area contributed by atoms with Gasteiger partial charge in [-0.15, -0.1) is 0 Å². The summed E-state index contributed by atoms with van der Waals surface area (Å²) in [6.45, 7) is 1.98. The van der Waals surface area contributed by atoms with Crippen LogP contribution in [0.25, 0.3) is 0 Å². The van der Waals surface area contributed by atoms with Gasteiger partial charge < -0.3 is 25.8 Å². The summed E-state index contributed by atoms with van der Waals surface area (Å²) in [5.74, 6) is 1.08. The number of methoxy groups -OCH3 is 2. The molecule has 0 aliphatic heterocycles. The number of carbonyl (C=O) groups excluding carboxylic acids is 1. The van der Waals surface area contributed by atoms with E-state index < -0.39 is 0 Å². The van der Waals surface area contributed by atoms with Gasteiger partial charge in [0.1, 0.15) is 6.54 Å². The molecule has 0 bridgehead atoms. The topological polar surface area (TPSA) is 98.0 Å². The van der Waals surface area contributed by atoms with Crippen molar-refractivity contribution in [2.45, 2.75) is 13.3 Å². The molecule has 0 aliphatic carbocycles. The van der Waals surface area contributed by atoms with Crippen molar-refractivity contribution in [3.05, 3.63) is 48.0 Å². The molecule has 0 aliphatic rings. The average Bonchev–Trinajstić information content (AvgIpc) is 2.66. The number of nitrogens with zero attached hydrogens (tertiary/aromatic N) is 1. The van der Waals surface area contributed by atoms with E-state index in [0.717, 1.165) is 17.7 Å². The van der Waals surface area contributed by atoms with E-state index in [1.54, 1.807) is 32.4 Å². The zero-order valence-electron chi connectivity index (χ0n) is 15.2. The molecule has 0 radical (unpaired) electrons. The Morgan fingerprint density at radius 3 is 2.46 bits per heavy atom. The molecule has 0 fully saturated rings. The van der Waals surface area contributed by atoms with Gasteiger partial charge in [0.2, 0.25) is 5.91 Å². The lowest BCUT2D eigenvalue weighted by atomic mass is 10.1. The number of nitrogens with two attached hydrogens (primary N) is 1. The minimum Gasteiger partial charge on any atom is -0.493 e. The van der Waals surface area contributed by atoms with Gasteiger partial charge >= 0.3 is 0 Å². The predicted molar refractivity (Wildman–Crippen MR) is 104 cm³/mol. The molecule has 0 spiro atoms. The van der Waals surface area contributed by atoms with Gasteiger partial charge in [0.25, 0.3) is 0 Å². The van der Waals surface area contributed by atoms with E-state index in [1.165, 1.54) is 0 Å². The van der Waals surface area contributed by atoms with Crippen LogP contribution in [-0.2, 0) is 11.2 Å². The molecule has 7 nitrogen and oxygen atoms in total. The van der Waals surface area contributed by atoms with E-state index >= 15 is 0 Å². The lowest BCUT2D eigenvalue weighted by Gasteiger charge is -2.11. The quantitative estimate of drug-likeness (QED) is 0.523. The first-order valence-corrected chi connectivity index (χ1v) is 8.23. The summed E-state index contributed by atoms with van der Waals surface area (Å²) in [6, 6.07) is 13.0. The Morgan fingerprint density at radius 1 is 1.04 bits per heavy atom. The van der Waals surface area contributed by atoms with Gasteiger partial charge in [-0.1, -0.05) is 19.1 Å². The molecule has 1 amide bonds. The number of aliphatic imine (C=N–C) groups is 1. The number of aryl methyl sites for hydroxylation is 1. The van der Waals surface area contributed by atoms with Crippen LogP contribution in [0.15, 0.2) is 47.5 Å². The Bertz CT molecular complexity index is 790. The van der Waals surface area contributed by atoms with Crippen molar-refractivity contribution in [2.75, 3.05) is 31.4 Å². The van der Waals surface area contributed by atoms with Crippen LogP contribution < -0.4 is 25.8 Å². The second kappa shape index (κ2) is 9.31. The highest BCUT2D eigenvalue weighted by Gasteiger charge is 2.06. The average molecular weight is 356 g/mol. The Labute approximate surface area is 153 Å². The third kappa shape index (κ3) is 5.41. The molecule has 2 aromatic carbocycles. The number of anilines is 2. The molecular weight excluding hydrogens is 332 g/mol. The number of hydrogen-bond acceptors (Lipinski definition) is 4. The van der Waals surface area contributed by atoms with Gasteiger partial charge in [0.05, 0.1) is 14.2 Å². The highest BCUT2D eigenvalue weighted by atomic mass is 16.5. The first-order valence-electron chi connectivity index (χ1n) is 8.23. The normalized spacial score (nSPS) is 11.0. The fourth-order valence-corrected chi connectivity index (χ4v) is 2.33. The Hall–Kier alpha value is -3.22. The fraction of sp³-hybridized carbons (Fsp3) is 0.263. The summed E-state index contributed by atoms with van der Waals surface area (Å²) in [5, 5.41) is 5.72. The van der Waals surface area contributed by atoms with E-state index in [2.05, 4.69) is 22.5 Å². The lowest BCUT2D eigenvalue weighted by molar-refractivity contribution is -0.114. The second-order valence-corrected chi connectivity index (χ2v) is 5.50.